The van der Waals surface area contributed by atoms with Crippen LogP contribution in [-0.2, 0) is 17.4 Å². The standard InChI is InChI=1S/C23H18F3NO/c24-23(25,26)20-11-6-9-18(16-20)13-14-22(28)27-21-12-5-4-10-19(21)15-17-7-2-1-3-8-17/h1-14,16H,15H2,(H,27,28)/b14-13+. The summed E-state index contributed by atoms with van der Waals surface area (Å²) in [5.74, 6) is -0.405. The van der Waals surface area contributed by atoms with Crippen molar-refractivity contribution >= 4 is 17.7 Å². The Kier molecular flexibility index (Phi) is 5.94. The van der Waals surface area contributed by atoms with Crippen molar-refractivity contribution in [3.05, 3.63) is 107 Å². The van der Waals surface area contributed by atoms with E-state index in [-0.39, 0.29) is 0 Å². The molecule has 3 rings (SSSR count). The van der Waals surface area contributed by atoms with Crippen LogP contribution in [-0.4, -0.2) is 5.91 Å². The Morgan fingerprint density at radius 3 is 2.36 bits per heavy atom. The summed E-state index contributed by atoms with van der Waals surface area (Å²) in [5.41, 5.74) is 2.30. The Balaban J connectivity index is 1.71. The molecule has 0 saturated heterocycles. The van der Waals surface area contributed by atoms with Crippen LogP contribution in [0.2, 0.25) is 0 Å². The third-order valence-corrected chi connectivity index (χ3v) is 4.15. The minimum absolute atomic E-state index is 0.308. The van der Waals surface area contributed by atoms with E-state index in [9.17, 15) is 18.0 Å². The SMILES string of the molecule is O=C(/C=C/c1cccc(C(F)(F)F)c1)Nc1ccccc1Cc1ccccc1. The van der Waals surface area contributed by atoms with Gasteiger partial charge in [0.15, 0.2) is 0 Å². The monoisotopic (exact) mass is 381 g/mol. The third-order valence-electron chi connectivity index (χ3n) is 4.15. The molecule has 0 aliphatic heterocycles. The van der Waals surface area contributed by atoms with Crippen LogP contribution in [0.4, 0.5) is 18.9 Å². The summed E-state index contributed by atoms with van der Waals surface area (Å²) in [4.78, 5) is 12.3. The lowest BCUT2D eigenvalue weighted by atomic mass is 10.0. The molecule has 142 valence electrons. The summed E-state index contributed by atoms with van der Waals surface area (Å²) in [5, 5.41) is 2.80. The van der Waals surface area contributed by atoms with E-state index in [1.54, 1.807) is 6.07 Å². The van der Waals surface area contributed by atoms with Gasteiger partial charge in [0.05, 0.1) is 5.56 Å². The summed E-state index contributed by atoms with van der Waals surface area (Å²) in [7, 11) is 0. The van der Waals surface area contributed by atoms with Gasteiger partial charge in [-0.25, -0.2) is 0 Å². The number of nitrogens with one attached hydrogen (secondary N) is 1. The van der Waals surface area contributed by atoms with E-state index >= 15 is 0 Å². The highest BCUT2D eigenvalue weighted by Crippen LogP contribution is 2.29. The van der Waals surface area contributed by atoms with E-state index in [4.69, 9.17) is 0 Å². The van der Waals surface area contributed by atoms with Gasteiger partial charge in [0.1, 0.15) is 0 Å². The molecule has 0 fully saturated rings. The van der Waals surface area contributed by atoms with Gasteiger partial charge in [-0.2, -0.15) is 13.2 Å². The second-order valence-corrected chi connectivity index (χ2v) is 6.27. The lowest BCUT2D eigenvalue weighted by Crippen LogP contribution is -2.10. The van der Waals surface area contributed by atoms with Gasteiger partial charge in [0.2, 0.25) is 5.91 Å². The molecule has 1 N–H and O–H groups in total. The Hall–Kier alpha value is -3.34. The molecule has 0 aliphatic rings. The average Bonchev–Trinajstić information content (AvgIpc) is 2.68. The van der Waals surface area contributed by atoms with Gasteiger partial charge in [-0.05, 0) is 47.4 Å². The predicted molar refractivity (Wildman–Crippen MR) is 105 cm³/mol. The van der Waals surface area contributed by atoms with Gasteiger partial charge >= 0.3 is 6.18 Å². The summed E-state index contributed by atoms with van der Waals surface area (Å²) in [6.07, 6.45) is -1.16. The number of carbonyl (C=O) groups excluding carboxylic acids is 1. The van der Waals surface area contributed by atoms with Crippen molar-refractivity contribution in [3.8, 4) is 0 Å². The third kappa shape index (κ3) is 5.33. The topological polar surface area (TPSA) is 29.1 Å². The summed E-state index contributed by atoms with van der Waals surface area (Å²) in [6.45, 7) is 0. The van der Waals surface area contributed by atoms with Gasteiger partial charge in [0, 0.05) is 11.8 Å². The Bertz CT molecular complexity index is 978. The normalized spacial score (nSPS) is 11.5. The highest BCUT2D eigenvalue weighted by molar-refractivity contribution is 6.02. The number of carbonyl (C=O) groups is 1. The molecule has 28 heavy (non-hydrogen) atoms. The van der Waals surface area contributed by atoms with Crippen LogP contribution in [0.5, 0.6) is 0 Å². The van der Waals surface area contributed by atoms with Gasteiger partial charge < -0.3 is 5.32 Å². The minimum atomic E-state index is -4.41. The van der Waals surface area contributed by atoms with Crippen molar-refractivity contribution in [2.75, 3.05) is 5.32 Å². The number of anilines is 1. The highest BCUT2D eigenvalue weighted by Gasteiger charge is 2.30. The molecule has 0 bridgehead atoms. The van der Waals surface area contributed by atoms with Crippen LogP contribution < -0.4 is 5.32 Å². The van der Waals surface area contributed by atoms with Crippen molar-refractivity contribution in [2.45, 2.75) is 12.6 Å². The van der Waals surface area contributed by atoms with Crippen molar-refractivity contribution < 1.29 is 18.0 Å². The fraction of sp³-hybridized carbons (Fsp3) is 0.0870. The zero-order chi connectivity index (χ0) is 20.0. The first-order valence-electron chi connectivity index (χ1n) is 8.70. The molecule has 0 aliphatic carbocycles. The van der Waals surface area contributed by atoms with Gasteiger partial charge in [-0.1, -0.05) is 60.7 Å². The molecule has 3 aromatic rings. The van der Waals surface area contributed by atoms with Crippen molar-refractivity contribution in [1.82, 2.24) is 0 Å². The number of para-hydroxylation sites is 1. The maximum absolute atomic E-state index is 12.8. The molecule has 0 heterocycles. The van der Waals surface area contributed by atoms with E-state index < -0.39 is 17.6 Å². The molecule has 5 heteroatoms. The van der Waals surface area contributed by atoms with E-state index in [2.05, 4.69) is 5.32 Å². The lowest BCUT2D eigenvalue weighted by molar-refractivity contribution is -0.137. The zero-order valence-corrected chi connectivity index (χ0v) is 14.9. The molecule has 0 spiro atoms. The number of alkyl halides is 3. The highest BCUT2D eigenvalue weighted by atomic mass is 19.4. The molecule has 0 atom stereocenters. The van der Waals surface area contributed by atoms with Crippen LogP contribution in [0.3, 0.4) is 0 Å². The molecule has 0 aromatic heterocycles. The largest absolute Gasteiger partial charge is 0.416 e. The Labute approximate surface area is 161 Å². The number of hydrogen-bond acceptors (Lipinski definition) is 1. The first kappa shape index (κ1) is 19.4. The first-order chi connectivity index (χ1) is 13.4. The van der Waals surface area contributed by atoms with E-state index in [0.717, 1.165) is 23.3 Å². The lowest BCUT2D eigenvalue weighted by Gasteiger charge is -2.10. The molecule has 2 nitrogen and oxygen atoms in total. The van der Waals surface area contributed by atoms with E-state index in [1.165, 1.54) is 24.3 Å². The van der Waals surface area contributed by atoms with Crippen molar-refractivity contribution in [3.63, 3.8) is 0 Å². The molecule has 0 saturated carbocycles. The molecule has 0 unspecified atom stereocenters. The van der Waals surface area contributed by atoms with Gasteiger partial charge in [0.25, 0.3) is 0 Å². The average molecular weight is 381 g/mol. The fourth-order valence-corrected chi connectivity index (χ4v) is 2.78. The van der Waals surface area contributed by atoms with Crippen molar-refractivity contribution in [2.24, 2.45) is 0 Å². The van der Waals surface area contributed by atoms with Crippen LogP contribution in [0.25, 0.3) is 6.08 Å². The molecule has 1 amide bonds. The predicted octanol–water partition coefficient (Wildman–Crippen LogP) is 5.95. The van der Waals surface area contributed by atoms with E-state index in [1.807, 2.05) is 48.5 Å². The van der Waals surface area contributed by atoms with Crippen LogP contribution in [0.15, 0.2) is 84.9 Å². The maximum atomic E-state index is 12.8. The molecular formula is C23H18F3NO. The minimum Gasteiger partial charge on any atom is -0.322 e. The number of rotatable bonds is 5. The van der Waals surface area contributed by atoms with Gasteiger partial charge in [-0.15, -0.1) is 0 Å². The second kappa shape index (κ2) is 8.57. The van der Waals surface area contributed by atoms with Crippen LogP contribution in [0, 0.1) is 0 Å². The van der Waals surface area contributed by atoms with Crippen LogP contribution >= 0.6 is 0 Å². The molecule has 0 radical (unpaired) electrons. The maximum Gasteiger partial charge on any atom is 0.416 e. The van der Waals surface area contributed by atoms with Crippen LogP contribution in [0.1, 0.15) is 22.3 Å². The number of halogens is 3. The van der Waals surface area contributed by atoms with Gasteiger partial charge in [-0.3, -0.25) is 4.79 Å². The van der Waals surface area contributed by atoms with E-state index in [0.29, 0.717) is 17.7 Å². The van der Waals surface area contributed by atoms with Crippen molar-refractivity contribution in [1.29, 1.82) is 0 Å². The number of hydrogen-bond donors (Lipinski definition) is 1. The quantitative estimate of drug-likeness (QED) is 0.544. The second-order valence-electron chi connectivity index (χ2n) is 6.27. The molecular weight excluding hydrogens is 363 g/mol. The summed E-state index contributed by atoms with van der Waals surface area (Å²) in [6, 6.07) is 22.1. The number of benzene rings is 3. The smallest absolute Gasteiger partial charge is 0.322 e. The Morgan fingerprint density at radius 2 is 1.61 bits per heavy atom. The fourth-order valence-electron chi connectivity index (χ4n) is 2.78. The Morgan fingerprint density at radius 1 is 0.893 bits per heavy atom. The summed E-state index contributed by atoms with van der Waals surface area (Å²) < 4.78 is 38.3. The summed E-state index contributed by atoms with van der Waals surface area (Å²) >= 11 is 0. The zero-order valence-electron chi connectivity index (χ0n) is 14.9. The first-order valence-corrected chi connectivity index (χ1v) is 8.70. The molecule has 3 aromatic carbocycles. The number of amides is 1.